The van der Waals surface area contributed by atoms with Gasteiger partial charge in [0.1, 0.15) is 5.75 Å². The van der Waals surface area contributed by atoms with Gasteiger partial charge in [0.25, 0.3) is 0 Å². The number of hydrogen-bond acceptors (Lipinski definition) is 3. The van der Waals surface area contributed by atoms with Gasteiger partial charge in [-0.05, 0) is 44.0 Å². The predicted octanol–water partition coefficient (Wildman–Crippen LogP) is 2.79. The maximum Gasteiger partial charge on any atom is 0.226 e. The molecule has 1 heterocycles. The highest BCUT2D eigenvalue weighted by atomic mass is 35.5. The molecule has 0 aliphatic carbocycles. The second-order valence-corrected chi connectivity index (χ2v) is 5.65. The molecule has 1 N–H and O–H groups in total. The molecule has 1 aliphatic rings. The number of halogens is 1. The van der Waals surface area contributed by atoms with Crippen LogP contribution in [0.4, 0.5) is 0 Å². The summed E-state index contributed by atoms with van der Waals surface area (Å²) in [6.45, 7) is 7.38. The molecule has 1 aromatic rings. The summed E-state index contributed by atoms with van der Waals surface area (Å²) in [7, 11) is 0. The Labute approximate surface area is 139 Å². The first-order valence-electron chi connectivity index (χ1n) is 7.90. The van der Waals surface area contributed by atoms with Gasteiger partial charge in [-0.2, -0.15) is 0 Å². The van der Waals surface area contributed by atoms with Gasteiger partial charge in [0, 0.05) is 19.1 Å². The minimum absolute atomic E-state index is 0. The van der Waals surface area contributed by atoms with Crippen LogP contribution in [0, 0.1) is 6.92 Å². The molecule has 0 bridgehead atoms. The van der Waals surface area contributed by atoms with Gasteiger partial charge in [0.15, 0.2) is 0 Å². The normalized spacial score (nSPS) is 16.9. The Hall–Kier alpha value is -1.26. The highest BCUT2D eigenvalue weighted by molar-refractivity contribution is 5.85. The van der Waals surface area contributed by atoms with Crippen LogP contribution in [-0.4, -0.2) is 43.1 Å². The molecule has 1 amide bonds. The zero-order valence-electron chi connectivity index (χ0n) is 13.5. The summed E-state index contributed by atoms with van der Waals surface area (Å²) in [5, 5.41) is 3.33. The van der Waals surface area contributed by atoms with Crippen molar-refractivity contribution in [1.29, 1.82) is 0 Å². The molecule has 1 fully saturated rings. The van der Waals surface area contributed by atoms with E-state index in [1.807, 2.05) is 36.1 Å². The Bertz CT molecular complexity index is 462. The van der Waals surface area contributed by atoms with Crippen LogP contribution in [0.15, 0.2) is 24.3 Å². The minimum Gasteiger partial charge on any atom is -0.493 e. The fraction of sp³-hybridized carbons (Fsp3) is 0.588. The minimum atomic E-state index is 0. The van der Waals surface area contributed by atoms with Gasteiger partial charge in [0.05, 0.1) is 13.0 Å². The average molecular weight is 327 g/mol. The van der Waals surface area contributed by atoms with Crippen molar-refractivity contribution >= 4 is 18.3 Å². The van der Waals surface area contributed by atoms with Crippen LogP contribution in [0.2, 0.25) is 0 Å². The third-order valence-corrected chi connectivity index (χ3v) is 3.83. The van der Waals surface area contributed by atoms with Crippen LogP contribution >= 0.6 is 12.4 Å². The lowest BCUT2D eigenvalue weighted by Crippen LogP contribution is -2.42. The summed E-state index contributed by atoms with van der Waals surface area (Å²) < 4.78 is 5.69. The fourth-order valence-corrected chi connectivity index (χ4v) is 2.76. The third kappa shape index (κ3) is 5.50. The number of aryl methyl sites for hydroxylation is 1. The van der Waals surface area contributed by atoms with Crippen molar-refractivity contribution in [3.63, 3.8) is 0 Å². The summed E-state index contributed by atoms with van der Waals surface area (Å²) in [6, 6.07) is 8.29. The highest BCUT2D eigenvalue weighted by Crippen LogP contribution is 2.14. The van der Waals surface area contributed by atoms with Crippen molar-refractivity contribution in [2.45, 2.75) is 39.2 Å². The molecule has 124 valence electrons. The summed E-state index contributed by atoms with van der Waals surface area (Å²) in [4.78, 5) is 14.4. The van der Waals surface area contributed by atoms with Crippen molar-refractivity contribution in [2.24, 2.45) is 0 Å². The summed E-state index contributed by atoms with van der Waals surface area (Å²) in [5.41, 5.74) is 1.17. The molecule has 0 aromatic heterocycles. The van der Waals surface area contributed by atoms with Crippen LogP contribution in [0.25, 0.3) is 0 Å². The van der Waals surface area contributed by atoms with Crippen molar-refractivity contribution < 1.29 is 9.53 Å². The van der Waals surface area contributed by atoms with E-state index < -0.39 is 0 Å². The first-order valence-corrected chi connectivity index (χ1v) is 7.90. The zero-order valence-corrected chi connectivity index (χ0v) is 14.3. The lowest BCUT2D eigenvalue weighted by atomic mass is 10.2. The van der Waals surface area contributed by atoms with Gasteiger partial charge in [-0.1, -0.05) is 19.1 Å². The summed E-state index contributed by atoms with van der Waals surface area (Å²) in [5.74, 6) is 1.05. The van der Waals surface area contributed by atoms with Crippen molar-refractivity contribution in [2.75, 3.05) is 26.2 Å². The molecule has 0 radical (unpaired) electrons. The van der Waals surface area contributed by atoms with E-state index >= 15 is 0 Å². The molecular formula is C17H27ClN2O2. The molecule has 1 aromatic carbocycles. The summed E-state index contributed by atoms with van der Waals surface area (Å²) in [6.07, 6.45) is 2.51. The average Bonchev–Trinajstić information content (AvgIpc) is 2.98. The van der Waals surface area contributed by atoms with E-state index in [0.29, 0.717) is 19.1 Å². The van der Waals surface area contributed by atoms with Gasteiger partial charge in [-0.25, -0.2) is 0 Å². The van der Waals surface area contributed by atoms with Crippen LogP contribution in [0.5, 0.6) is 5.75 Å². The number of amides is 1. The third-order valence-electron chi connectivity index (χ3n) is 3.83. The van der Waals surface area contributed by atoms with E-state index in [0.717, 1.165) is 38.2 Å². The number of nitrogens with zero attached hydrogens (tertiary/aromatic N) is 1. The molecule has 0 saturated carbocycles. The van der Waals surface area contributed by atoms with E-state index in [4.69, 9.17) is 4.74 Å². The van der Waals surface area contributed by atoms with Crippen molar-refractivity contribution in [3.8, 4) is 5.75 Å². The Morgan fingerprint density at radius 3 is 2.91 bits per heavy atom. The van der Waals surface area contributed by atoms with E-state index in [2.05, 4.69) is 12.2 Å². The Morgan fingerprint density at radius 1 is 1.45 bits per heavy atom. The van der Waals surface area contributed by atoms with Gasteiger partial charge >= 0.3 is 0 Å². The first-order chi connectivity index (χ1) is 10.2. The largest absolute Gasteiger partial charge is 0.493 e. The Kier molecular flexibility index (Phi) is 8.28. The predicted molar refractivity (Wildman–Crippen MR) is 91.8 cm³/mol. The first kappa shape index (κ1) is 18.8. The number of nitrogens with one attached hydrogen (secondary N) is 1. The van der Waals surface area contributed by atoms with E-state index in [-0.39, 0.29) is 18.3 Å². The second kappa shape index (κ2) is 9.70. The van der Waals surface area contributed by atoms with E-state index in [1.54, 1.807) is 0 Å². The quantitative estimate of drug-likeness (QED) is 0.837. The van der Waals surface area contributed by atoms with Crippen LogP contribution in [0.1, 0.15) is 31.7 Å². The van der Waals surface area contributed by atoms with Gasteiger partial charge in [0.2, 0.25) is 5.91 Å². The van der Waals surface area contributed by atoms with Crippen molar-refractivity contribution in [1.82, 2.24) is 10.2 Å². The Balaban J connectivity index is 0.00000242. The smallest absolute Gasteiger partial charge is 0.226 e. The van der Waals surface area contributed by atoms with E-state index in [1.165, 1.54) is 5.56 Å². The molecule has 5 heteroatoms. The summed E-state index contributed by atoms with van der Waals surface area (Å²) >= 11 is 0. The lowest BCUT2D eigenvalue weighted by molar-refractivity contribution is -0.133. The van der Waals surface area contributed by atoms with Crippen LogP contribution < -0.4 is 10.1 Å². The lowest BCUT2D eigenvalue weighted by Gasteiger charge is -2.28. The molecule has 0 spiro atoms. The number of carbonyl (C=O) groups excluding carboxylic acids is 1. The number of hydrogen-bond donors (Lipinski definition) is 1. The second-order valence-electron chi connectivity index (χ2n) is 5.65. The molecular weight excluding hydrogens is 300 g/mol. The zero-order chi connectivity index (χ0) is 15.1. The molecule has 1 aliphatic heterocycles. The number of ether oxygens (including phenoxy) is 1. The monoisotopic (exact) mass is 326 g/mol. The van der Waals surface area contributed by atoms with Gasteiger partial charge in [-0.15, -0.1) is 12.4 Å². The fourth-order valence-electron chi connectivity index (χ4n) is 2.76. The number of benzene rings is 1. The van der Waals surface area contributed by atoms with Crippen LogP contribution in [0.3, 0.4) is 0 Å². The van der Waals surface area contributed by atoms with Gasteiger partial charge in [-0.3, -0.25) is 4.79 Å². The van der Waals surface area contributed by atoms with Gasteiger partial charge < -0.3 is 15.0 Å². The standard InChI is InChI=1S/C17H26N2O2.ClH/c1-3-10-19(15-7-9-18-13-15)17(20)8-11-21-16-6-4-5-14(2)12-16;/h4-6,12,15,18H,3,7-11,13H2,1-2H3;1H. The van der Waals surface area contributed by atoms with Crippen LogP contribution in [-0.2, 0) is 4.79 Å². The molecule has 1 unspecified atom stereocenters. The molecule has 22 heavy (non-hydrogen) atoms. The molecule has 1 saturated heterocycles. The Morgan fingerprint density at radius 2 is 2.27 bits per heavy atom. The molecule has 1 atom stereocenters. The SMILES string of the molecule is CCCN(C(=O)CCOc1cccc(C)c1)C1CCNC1.Cl. The maximum absolute atomic E-state index is 12.4. The van der Waals surface area contributed by atoms with Crippen molar-refractivity contribution in [3.05, 3.63) is 29.8 Å². The highest BCUT2D eigenvalue weighted by Gasteiger charge is 2.25. The number of rotatable bonds is 7. The maximum atomic E-state index is 12.4. The number of carbonyl (C=O) groups is 1. The van der Waals surface area contributed by atoms with E-state index in [9.17, 15) is 4.79 Å². The molecule has 4 nitrogen and oxygen atoms in total. The molecule has 2 rings (SSSR count). The topological polar surface area (TPSA) is 41.6 Å².